The summed E-state index contributed by atoms with van der Waals surface area (Å²) in [7, 11) is 0. The Balaban J connectivity index is 1.92. The maximum atomic E-state index is 9.81. The van der Waals surface area contributed by atoms with Crippen LogP contribution in [0.5, 0.6) is 0 Å². The van der Waals surface area contributed by atoms with Crippen LogP contribution in [0.2, 0.25) is 0 Å². The second-order valence-electron chi connectivity index (χ2n) is 7.42. The molecular formula is C26H19N. The van der Waals surface area contributed by atoms with Gasteiger partial charge in [-0.05, 0) is 80.9 Å². The van der Waals surface area contributed by atoms with Crippen LogP contribution in [0.15, 0.2) is 66.7 Å². The van der Waals surface area contributed by atoms with E-state index < -0.39 is 0 Å². The Morgan fingerprint density at radius 2 is 1.44 bits per heavy atom. The van der Waals surface area contributed by atoms with Crippen LogP contribution in [0.4, 0.5) is 0 Å². The molecule has 128 valence electrons. The second kappa shape index (κ2) is 5.83. The first kappa shape index (κ1) is 15.9. The highest BCUT2D eigenvalue weighted by atomic mass is 14.3. The van der Waals surface area contributed by atoms with Gasteiger partial charge in [0.15, 0.2) is 0 Å². The molecule has 0 radical (unpaired) electrons. The SMILES string of the molecule is Cc1cc2ccc3c(Cc4ccccc4)c(C#N)cc4ccc(c1C)c2c43. The van der Waals surface area contributed by atoms with Crippen LogP contribution in [0.3, 0.4) is 0 Å². The van der Waals surface area contributed by atoms with E-state index in [1.54, 1.807) is 0 Å². The molecule has 5 aromatic carbocycles. The van der Waals surface area contributed by atoms with Gasteiger partial charge in [0.05, 0.1) is 11.6 Å². The van der Waals surface area contributed by atoms with Gasteiger partial charge in [0.1, 0.15) is 0 Å². The molecule has 0 saturated carbocycles. The average molecular weight is 345 g/mol. The zero-order valence-electron chi connectivity index (χ0n) is 15.5. The normalized spacial score (nSPS) is 11.4. The number of nitrogens with zero attached hydrogens (tertiary/aromatic N) is 1. The van der Waals surface area contributed by atoms with Gasteiger partial charge in [-0.15, -0.1) is 0 Å². The lowest BCUT2D eigenvalue weighted by atomic mass is 9.86. The Morgan fingerprint density at radius 1 is 0.778 bits per heavy atom. The van der Waals surface area contributed by atoms with Crippen LogP contribution in [-0.4, -0.2) is 0 Å². The van der Waals surface area contributed by atoms with Gasteiger partial charge in [0.2, 0.25) is 0 Å². The van der Waals surface area contributed by atoms with Crippen LogP contribution >= 0.6 is 0 Å². The van der Waals surface area contributed by atoms with Crippen LogP contribution in [-0.2, 0) is 6.42 Å². The number of hydrogen-bond acceptors (Lipinski definition) is 1. The molecule has 5 rings (SSSR count). The van der Waals surface area contributed by atoms with Crippen molar-refractivity contribution < 1.29 is 0 Å². The van der Waals surface area contributed by atoms with Gasteiger partial charge in [-0.3, -0.25) is 0 Å². The van der Waals surface area contributed by atoms with Crippen LogP contribution in [0.25, 0.3) is 32.3 Å². The van der Waals surface area contributed by atoms with E-state index in [4.69, 9.17) is 0 Å². The topological polar surface area (TPSA) is 23.8 Å². The minimum atomic E-state index is 0.774. The first-order valence-corrected chi connectivity index (χ1v) is 9.32. The third kappa shape index (κ3) is 2.31. The van der Waals surface area contributed by atoms with E-state index >= 15 is 0 Å². The predicted octanol–water partition coefficient (Wildman–Crippen LogP) is 6.66. The molecule has 0 aliphatic rings. The standard InChI is InChI=1S/C26H19N/c1-16-12-19-9-11-23-24(13-18-6-4-3-5-7-18)21(15-27)14-20-8-10-22(17(16)2)25(19)26(20)23/h3-12,14H,13H2,1-2H3. The van der Waals surface area contributed by atoms with Crippen LogP contribution < -0.4 is 0 Å². The zero-order valence-corrected chi connectivity index (χ0v) is 15.5. The van der Waals surface area contributed by atoms with Crippen molar-refractivity contribution in [3.8, 4) is 6.07 Å². The Hall–Kier alpha value is -3.37. The fraction of sp³-hybridized carbons (Fsp3) is 0.115. The molecule has 0 bridgehead atoms. The Bertz CT molecular complexity index is 1350. The molecular weight excluding hydrogens is 326 g/mol. The average Bonchev–Trinajstić information content (AvgIpc) is 2.70. The lowest BCUT2D eigenvalue weighted by Crippen LogP contribution is -1.97. The number of aryl methyl sites for hydroxylation is 2. The first-order chi connectivity index (χ1) is 13.2. The fourth-order valence-corrected chi connectivity index (χ4v) is 4.38. The third-order valence-electron chi connectivity index (χ3n) is 5.89. The maximum Gasteiger partial charge on any atom is 0.0995 e. The number of hydrogen-bond donors (Lipinski definition) is 0. The Labute approximate surface area is 158 Å². The lowest BCUT2D eigenvalue weighted by molar-refractivity contribution is 1.20. The van der Waals surface area contributed by atoms with Gasteiger partial charge in [-0.2, -0.15) is 5.26 Å². The molecule has 1 nitrogen and oxygen atoms in total. The van der Waals surface area contributed by atoms with Crippen molar-refractivity contribution in [3.63, 3.8) is 0 Å². The van der Waals surface area contributed by atoms with Crippen LogP contribution in [0.1, 0.15) is 27.8 Å². The van der Waals surface area contributed by atoms with Gasteiger partial charge >= 0.3 is 0 Å². The van der Waals surface area contributed by atoms with Gasteiger partial charge in [-0.25, -0.2) is 0 Å². The lowest BCUT2D eigenvalue weighted by Gasteiger charge is -2.17. The summed E-state index contributed by atoms with van der Waals surface area (Å²) in [5.74, 6) is 0. The minimum Gasteiger partial charge on any atom is -0.192 e. The van der Waals surface area contributed by atoms with Crippen LogP contribution in [0, 0.1) is 25.2 Å². The Kier molecular flexibility index (Phi) is 3.42. The molecule has 5 aromatic rings. The van der Waals surface area contributed by atoms with E-state index in [0.29, 0.717) is 0 Å². The largest absolute Gasteiger partial charge is 0.192 e. The van der Waals surface area contributed by atoms with Gasteiger partial charge in [0, 0.05) is 0 Å². The molecule has 0 aromatic heterocycles. The summed E-state index contributed by atoms with van der Waals surface area (Å²) in [5.41, 5.74) is 5.80. The summed E-state index contributed by atoms with van der Waals surface area (Å²) in [6, 6.07) is 26.0. The van der Waals surface area contributed by atoms with Crippen molar-refractivity contribution >= 4 is 32.3 Å². The third-order valence-corrected chi connectivity index (χ3v) is 5.89. The summed E-state index contributed by atoms with van der Waals surface area (Å²) < 4.78 is 0. The molecule has 0 aliphatic carbocycles. The summed E-state index contributed by atoms with van der Waals surface area (Å²) in [4.78, 5) is 0. The predicted molar refractivity (Wildman–Crippen MR) is 114 cm³/mol. The minimum absolute atomic E-state index is 0.774. The number of nitriles is 1. The molecule has 0 atom stereocenters. The summed E-state index contributed by atoms with van der Waals surface area (Å²) in [6.07, 6.45) is 0.774. The molecule has 0 spiro atoms. The van der Waals surface area contributed by atoms with E-state index in [9.17, 15) is 5.26 Å². The van der Waals surface area contributed by atoms with E-state index in [0.717, 1.165) is 22.9 Å². The summed E-state index contributed by atoms with van der Waals surface area (Å²) in [5, 5.41) is 17.4. The smallest absolute Gasteiger partial charge is 0.0995 e. The van der Waals surface area contributed by atoms with E-state index in [1.165, 1.54) is 43.6 Å². The molecule has 0 saturated heterocycles. The van der Waals surface area contributed by atoms with Crippen molar-refractivity contribution in [3.05, 3.63) is 94.5 Å². The highest BCUT2D eigenvalue weighted by molar-refractivity contribution is 6.24. The summed E-state index contributed by atoms with van der Waals surface area (Å²) in [6.45, 7) is 4.38. The molecule has 0 amide bonds. The fourth-order valence-electron chi connectivity index (χ4n) is 4.38. The summed E-state index contributed by atoms with van der Waals surface area (Å²) >= 11 is 0. The van der Waals surface area contributed by atoms with Gasteiger partial charge in [-0.1, -0.05) is 60.7 Å². The number of benzene rings is 5. The number of rotatable bonds is 2. The molecule has 0 heterocycles. The molecule has 0 aliphatic heterocycles. The highest BCUT2D eigenvalue weighted by Crippen LogP contribution is 2.39. The van der Waals surface area contributed by atoms with E-state index in [1.807, 2.05) is 6.07 Å². The molecule has 27 heavy (non-hydrogen) atoms. The molecule has 0 N–H and O–H groups in total. The van der Waals surface area contributed by atoms with Crippen molar-refractivity contribution in [2.24, 2.45) is 0 Å². The maximum absolute atomic E-state index is 9.81. The van der Waals surface area contributed by atoms with E-state index in [2.05, 4.69) is 80.6 Å². The molecule has 0 unspecified atom stereocenters. The van der Waals surface area contributed by atoms with Gasteiger partial charge < -0.3 is 0 Å². The van der Waals surface area contributed by atoms with Crippen molar-refractivity contribution in [1.29, 1.82) is 5.26 Å². The molecule has 0 fully saturated rings. The Morgan fingerprint density at radius 3 is 2.19 bits per heavy atom. The zero-order chi connectivity index (χ0) is 18.5. The first-order valence-electron chi connectivity index (χ1n) is 9.32. The van der Waals surface area contributed by atoms with Crippen molar-refractivity contribution in [2.45, 2.75) is 20.3 Å². The van der Waals surface area contributed by atoms with Crippen molar-refractivity contribution in [1.82, 2.24) is 0 Å². The van der Waals surface area contributed by atoms with E-state index in [-0.39, 0.29) is 0 Å². The monoisotopic (exact) mass is 345 g/mol. The second-order valence-corrected chi connectivity index (χ2v) is 7.42. The highest BCUT2D eigenvalue weighted by Gasteiger charge is 2.16. The quantitative estimate of drug-likeness (QED) is 0.328. The molecule has 1 heteroatoms. The van der Waals surface area contributed by atoms with Crippen molar-refractivity contribution in [2.75, 3.05) is 0 Å². The van der Waals surface area contributed by atoms with Gasteiger partial charge in [0.25, 0.3) is 0 Å².